The Morgan fingerprint density at radius 1 is 1.50 bits per heavy atom. The van der Waals surface area contributed by atoms with Crippen molar-refractivity contribution in [2.24, 2.45) is 0 Å². The van der Waals surface area contributed by atoms with E-state index in [-0.39, 0.29) is 5.75 Å². The molecule has 0 radical (unpaired) electrons. The van der Waals surface area contributed by atoms with Crippen LogP contribution >= 0.6 is 0 Å². The third kappa shape index (κ3) is 7.63. The number of nitrogens with one attached hydrogen (secondary N) is 1. The van der Waals surface area contributed by atoms with Crippen molar-refractivity contribution < 1.29 is 17.8 Å². The van der Waals surface area contributed by atoms with Crippen molar-refractivity contribution in [3.63, 3.8) is 0 Å². The molecule has 0 aromatic heterocycles. The fraction of sp³-hybridized carbons (Fsp3) is 0.500. The van der Waals surface area contributed by atoms with Gasteiger partial charge in [-0.2, -0.15) is 8.42 Å². The van der Waals surface area contributed by atoms with Crippen molar-refractivity contribution in [3.05, 3.63) is 24.1 Å². The summed E-state index contributed by atoms with van der Waals surface area (Å²) in [5.74, 6) is -0.201. The maximum atomic E-state index is 9.56. The minimum Gasteiger partial charge on any atom is -0.391 e. The van der Waals surface area contributed by atoms with Gasteiger partial charge in [0.15, 0.2) is 0 Å². The fourth-order valence-electron chi connectivity index (χ4n) is 0.538. The van der Waals surface area contributed by atoms with E-state index >= 15 is 0 Å². The van der Waals surface area contributed by atoms with Crippen molar-refractivity contribution in [2.75, 3.05) is 5.75 Å². The van der Waals surface area contributed by atoms with Crippen LogP contribution in [0.4, 0.5) is 0 Å². The summed E-state index contributed by atoms with van der Waals surface area (Å²) in [7, 11) is -3.66. The molecule has 0 bridgehead atoms. The third-order valence-corrected chi connectivity index (χ3v) is 2.17. The van der Waals surface area contributed by atoms with Crippen molar-refractivity contribution >= 4 is 10.1 Å². The lowest BCUT2D eigenvalue weighted by Crippen LogP contribution is -2.05. The van der Waals surface area contributed by atoms with Crippen LogP contribution in [0.15, 0.2) is 24.1 Å². The van der Waals surface area contributed by atoms with E-state index < -0.39 is 10.1 Å². The molecule has 0 aromatic carbocycles. The molecule has 1 aliphatic heterocycles. The molecule has 0 aliphatic carbocycles. The second kappa shape index (κ2) is 6.44. The van der Waals surface area contributed by atoms with Gasteiger partial charge in [0.05, 0.1) is 5.75 Å². The van der Waals surface area contributed by atoms with Gasteiger partial charge in [0, 0.05) is 6.20 Å². The highest BCUT2D eigenvalue weighted by Gasteiger charge is 1.93. The molecule has 82 valence electrons. The van der Waals surface area contributed by atoms with E-state index in [4.69, 9.17) is 9.39 Å². The summed E-state index contributed by atoms with van der Waals surface area (Å²) < 4.78 is 26.9. The van der Waals surface area contributed by atoms with E-state index in [1.54, 1.807) is 6.26 Å². The molecule has 1 heterocycles. The van der Waals surface area contributed by atoms with E-state index in [1.807, 2.05) is 12.3 Å². The van der Waals surface area contributed by atoms with E-state index in [2.05, 4.69) is 12.4 Å². The SMILES string of the molecule is CCC1=CNOC=C1.CCS(=O)(=O)O. The Balaban J connectivity index is 0.000000255. The van der Waals surface area contributed by atoms with Gasteiger partial charge in [-0.1, -0.05) is 6.92 Å². The summed E-state index contributed by atoms with van der Waals surface area (Å²) in [6, 6.07) is 0. The van der Waals surface area contributed by atoms with Crippen molar-refractivity contribution in [1.29, 1.82) is 0 Å². The van der Waals surface area contributed by atoms with E-state index in [0.717, 1.165) is 6.42 Å². The quantitative estimate of drug-likeness (QED) is 0.686. The number of hydroxylamine groups is 1. The zero-order chi connectivity index (χ0) is 11.0. The average Bonchev–Trinajstić information content (AvgIpc) is 2.19. The molecular weight excluding hydrogens is 206 g/mol. The molecule has 0 saturated carbocycles. The second-order valence-corrected chi connectivity index (χ2v) is 4.22. The van der Waals surface area contributed by atoms with E-state index in [1.165, 1.54) is 12.5 Å². The fourth-order valence-corrected chi connectivity index (χ4v) is 0.538. The van der Waals surface area contributed by atoms with E-state index in [0.29, 0.717) is 0 Å². The maximum absolute atomic E-state index is 9.56. The molecule has 0 amide bonds. The van der Waals surface area contributed by atoms with Crippen LogP contribution in [0.2, 0.25) is 0 Å². The minimum atomic E-state index is -3.66. The molecule has 0 saturated heterocycles. The van der Waals surface area contributed by atoms with Gasteiger partial charge in [-0.05, 0) is 25.0 Å². The van der Waals surface area contributed by atoms with Gasteiger partial charge >= 0.3 is 0 Å². The second-order valence-electron chi connectivity index (χ2n) is 2.48. The van der Waals surface area contributed by atoms with Gasteiger partial charge in [0.2, 0.25) is 0 Å². The first-order chi connectivity index (χ1) is 6.49. The molecule has 0 aromatic rings. The number of hydrogen-bond donors (Lipinski definition) is 2. The Bertz CT molecular complexity index is 305. The lowest BCUT2D eigenvalue weighted by Gasteiger charge is -2.05. The number of allylic oxidation sites excluding steroid dienone is 2. The van der Waals surface area contributed by atoms with Gasteiger partial charge in [0.1, 0.15) is 6.26 Å². The van der Waals surface area contributed by atoms with Gasteiger partial charge in [0.25, 0.3) is 10.1 Å². The molecule has 0 spiro atoms. The number of rotatable bonds is 2. The molecule has 1 rings (SSSR count). The predicted molar refractivity (Wildman–Crippen MR) is 53.8 cm³/mol. The minimum absolute atomic E-state index is 0.201. The van der Waals surface area contributed by atoms with Crippen molar-refractivity contribution in [3.8, 4) is 0 Å². The van der Waals surface area contributed by atoms with Gasteiger partial charge in [-0.3, -0.25) is 4.55 Å². The predicted octanol–water partition coefficient (Wildman–Crippen LogP) is 1.22. The van der Waals surface area contributed by atoms with Crippen LogP contribution in [-0.2, 0) is 15.0 Å². The monoisotopic (exact) mass is 221 g/mol. The molecule has 0 fully saturated rings. The lowest BCUT2D eigenvalue weighted by atomic mass is 10.2. The zero-order valence-corrected chi connectivity index (χ0v) is 9.04. The highest BCUT2D eigenvalue weighted by molar-refractivity contribution is 7.85. The Labute approximate surface area is 84.2 Å². The summed E-state index contributed by atoms with van der Waals surface area (Å²) in [6.45, 7) is 3.47. The highest BCUT2D eigenvalue weighted by Crippen LogP contribution is 2.03. The number of hydrogen-bond acceptors (Lipinski definition) is 4. The summed E-state index contributed by atoms with van der Waals surface area (Å²) in [6.07, 6.45) is 6.47. The van der Waals surface area contributed by atoms with Crippen LogP contribution in [0.3, 0.4) is 0 Å². The molecule has 0 atom stereocenters. The molecule has 6 heteroatoms. The van der Waals surface area contributed by atoms with Gasteiger partial charge in [-0.15, -0.1) is 0 Å². The average molecular weight is 221 g/mol. The third-order valence-electron chi connectivity index (χ3n) is 1.44. The Kier molecular flexibility index (Phi) is 5.98. The first kappa shape index (κ1) is 13.0. The van der Waals surface area contributed by atoms with E-state index in [9.17, 15) is 8.42 Å². The lowest BCUT2D eigenvalue weighted by molar-refractivity contribution is 0.170. The summed E-state index contributed by atoms with van der Waals surface area (Å²) in [5.41, 5.74) is 3.90. The first-order valence-electron chi connectivity index (χ1n) is 4.21. The highest BCUT2D eigenvalue weighted by atomic mass is 32.2. The topological polar surface area (TPSA) is 75.6 Å². The van der Waals surface area contributed by atoms with Crippen LogP contribution < -0.4 is 5.48 Å². The Morgan fingerprint density at radius 2 is 2.07 bits per heavy atom. The molecule has 1 aliphatic rings. The van der Waals surface area contributed by atoms with Crippen LogP contribution in [0.1, 0.15) is 20.3 Å². The molecular formula is C8H15NO4S. The Morgan fingerprint density at radius 3 is 2.29 bits per heavy atom. The molecule has 2 N–H and O–H groups in total. The van der Waals surface area contributed by atoms with Crippen LogP contribution in [0, 0.1) is 0 Å². The zero-order valence-electron chi connectivity index (χ0n) is 8.23. The summed E-state index contributed by atoms with van der Waals surface area (Å²) in [5, 5.41) is 0. The van der Waals surface area contributed by atoms with Crippen LogP contribution in [-0.4, -0.2) is 18.7 Å². The summed E-state index contributed by atoms with van der Waals surface area (Å²) in [4.78, 5) is 4.69. The van der Waals surface area contributed by atoms with Crippen LogP contribution in [0.5, 0.6) is 0 Å². The first-order valence-corrected chi connectivity index (χ1v) is 5.82. The standard InChI is InChI=1S/C6H9NO.C2H6O3S/c1-2-6-3-4-8-7-5-6;1-2-6(3,4)5/h3-5,7H,2H2,1H3;2H2,1H3,(H,3,4,5). The smallest absolute Gasteiger partial charge is 0.264 e. The summed E-state index contributed by atoms with van der Waals surface area (Å²) >= 11 is 0. The van der Waals surface area contributed by atoms with Gasteiger partial charge < -0.3 is 4.84 Å². The molecule has 14 heavy (non-hydrogen) atoms. The molecule has 5 nitrogen and oxygen atoms in total. The van der Waals surface area contributed by atoms with Crippen molar-refractivity contribution in [2.45, 2.75) is 20.3 Å². The normalized spacial score (nSPS) is 14.4. The van der Waals surface area contributed by atoms with Crippen molar-refractivity contribution in [1.82, 2.24) is 5.48 Å². The maximum Gasteiger partial charge on any atom is 0.264 e. The molecule has 0 unspecified atom stereocenters. The van der Waals surface area contributed by atoms with Gasteiger partial charge in [-0.25, -0.2) is 5.48 Å². The van der Waals surface area contributed by atoms with Crippen LogP contribution in [0.25, 0.3) is 0 Å². The largest absolute Gasteiger partial charge is 0.391 e. The Hall–Kier alpha value is -1.01.